The zero-order valence-electron chi connectivity index (χ0n) is 14.8. The van der Waals surface area contributed by atoms with Crippen LogP contribution in [-0.2, 0) is 9.53 Å². The number of amides is 1. The second-order valence-corrected chi connectivity index (χ2v) is 5.99. The fourth-order valence-corrected chi connectivity index (χ4v) is 2.77. The number of carbonyl (C=O) groups is 2. The van der Waals surface area contributed by atoms with Gasteiger partial charge in [0.15, 0.2) is 6.61 Å². The maximum Gasteiger partial charge on any atom is 0.339 e. The van der Waals surface area contributed by atoms with Crippen LogP contribution in [0.1, 0.15) is 10.4 Å². The average molecular weight is 372 g/mol. The van der Waals surface area contributed by atoms with Crippen molar-refractivity contribution in [3.05, 3.63) is 78.5 Å². The molecule has 0 bridgehead atoms. The summed E-state index contributed by atoms with van der Waals surface area (Å²) in [6, 6.07) is 19.7. The Morgan fingerprint density at radius 1 is 0.964 bits per heavy atom. The number of pyridine rings is 1. The Morgan fingerprint density at radius 3 is 2.57 bits per heavy atom. The molecule has 0 fully saturated rings. The summed E-state index contributed by atoms with van der Waals surface area (Å²) in [5, 5.41) is 2.57. The Hall–Kier alpha value is -4.00. The molecule has 138 valence electrons. The van der Waals surface area contributed by atoms with E-state index in [2.05, 4.69) is 20.3 Å². The highest BCUT2D eigenvalue weighted by Gasteiger charge is 2.17. The summed E-state index contributed by atoms with van der Waals surface area (Å²) >= 11 is 0. The molecule has 0 radical (unpaired) electrons. The molecule has 4 rings (SSSR count). The van der Waals surface area contributed by atoms with Crippen molar-refractivity contribution in [3.8, 4) is 11.4 Å². The molecular formula is C21H16N4O3. The van der Waals surface area contributed by atoms with Crippen molar-refractivity contribution in [2.24, 2.45) is 0 Å². The van der Waals surface area contributed by atoms with Gasteiger partial charge < -0.3 is 15.0 Å². The third-order valence-electron chi connectivity index (χ3n) is 4.06. The summed E-state index contributed by atoms with van der Waals surface area (Å²) in [4.78, 5) is 36.2. The number of carbonyl (C=O) groups excluding carboxylic acids is 2. The van der Waals surface area contributed by atoms with Gasteiger partial charge in [0.05, 0.1) is 16.6 Å². The van der Waals surface area contributed by atoms with Crippen molar-refractivity contribution in [3.63, 3.8) is 0 Å². The van der Waals surface area contributed by atoms with Gasteiger partial charge in [0.25, 0.3) is 5.91 Å². The van der Waals surface area contributed by atoms with Gasteiger partial charge in [-0.15, -0.1) is 0 Å². The second-order valence-electron chi connectivity index (χ2n) is 5.99. The molecule has 2 N–H and O–H groups in total. The fourth-order valence-electron chi connectivity index (χ4n) is 2.77. The van der Waals surface area contributed by atoms with Crippen LogP contribution in [0.5, 0.6) is 0 Å². The molecule has 0 aliphatic rings. The van der Waals surface area contributed by atoms with E-state index in [1.54, 1.807) is 42.6 Å². The van der Waals surface area contributed by atoms with Crippen molar-refractivity contribution < 1.29 is 14.3 Å². The Morgan fingerprint density at radius 2 is 1.75 bits per heavy atom. The third-order valence-corrected chi connectivity index (χ3v) is 4.06. The first-order valence-electron chi connectivity index (χ1n) is 8.63. The summed E-state index contributed by atoms with van der Waals surface area (Å²) in [5.41, 5.74) is 2.60. The van der Waals surface area contributed by atoms with Gasteiger partial charge in [-0.3, -0.25) is 4.79 Å². The number of benzene rings is 2. The summed E-state index contributed by atoms with van der Waals surface area (Å²) in [7, 11) is 0. The predicted octanol–water partition coefficient (Wildman–Crippen LogP) is 3.42. The van der Waals surface area contributed by atoms with Gasteiger partial charge in [0, 0.05) is 11.8 Å². The number of fused-ring (bicyclic) bond motifs is 1. The average Bonchev–Trinajstić information content (AvgIpc) is 3.17. The van der Waals surface area contributed by atoms with Crippen molar-refractivity contribution in [2.75, 3.05) is 11.9 Å². The molecule has 7 heteroatoms. The smallest absolute Gasteiger partial charge is 0.339 e. The summed E-state index contributed by atoms with van der Waals surface area (Å²) in [5.74, 6) is -0.113. The predicted molar refractivity (Wildman–Crippen MR) is 105 cm³/mol. The van der Waals surface area contributed by atoms with Crippen LogP contribution in [0, 0.1) is 0 Å². The van der Waals surface area contributed by atoms with Gasteiger partial charge in [-0.1, -0.05) is 36.4 Å². The lowest BCUT2D eigenvalue weighted by Gasteiger charge is -2.08. The summed E-state index contributed by atoms with van der Waals surface area (Å²) < 4.78 is 5.18. The SMILES string of the molecule is O=C(COC(=O)c1ccccc1-c1nc2ccccc2[nH]1)Nc1ccccn1. The third kappa shape index (κ3) is 3.73. The van der Waals surface area contributed by atoms with Crippen molar-refractivity contribution in [1.82, 2.24) is 15.0 Å². The molecule has 4 aromatic rings. The van der Waals surface area contributed by atoms with Crippen molar-refractivity contribution in [2.45, 2.75) is 0 Å². The number of para-hydroxylation sites is 2. The molecular weight excluding hydrogens is 356 g/mol. The van der Waals surface area contributed by atoms with Crippen LogP contribution in [0.15, 0.2) is 72.9 Å². The number of aromatic nitrogens is 3. The van der Waals surface area contributed by atoms with Gasteiger partial charge >= 0.3 is 5.97 Å². The number of nitrogens with zero attached hydrogens (tertiary/aromatic N) is 2. The number of aromatic amines is 1. The second kappa shape index (κ2) is 7.71. The minimum absolute atomic E-state index is 0.326. The fraction of sp³-hybridized carbons (Fsp3) is 0.0476. The van der Waals surface area contributed by atoms with Crippen LogP contribution in [0.3, 0.4) is 0 Å². The molecule has 0 saturated heterocycles. The molecule has 2 aromatic carbocycles. The molecule has 2 heterocycles. The molecule has 0 unspecified atom stereocenters. The summed E-state index contributed by atoms with van der Waals surface area (Å²) in [6.45, 7) is -0.413. The molecule has 0 saturated carbocycles. The monoisotopic (exact) mass is 372 g/mol. The molecule has 0 spiro atoms. The van der Waals surface area contributed by atoms with E-state index in [9.17, 15) is 9.59 Å². The maximum atomic E-state index is 12.6. The normalized spacial score (nSPS) is 10.6. The maximum absolute atomic E-state index is 12.6. The van der Waals surface area contributed by atoms with E-state index in [1.165, 1.54) is 0 Å². The molecule has 28 heavy (non-hydrogen) atoms. The molecule has 0 aliphatic heterocycles. The topological polar surface area (TPSA) is 97.0 Å². The lowest BCUT2D eigenvalue weighted by molar-refractivity contribution is -0.119. The molecule has 7 nitrogen and oxygen atoms in total. The van der Waals surface area contributed by atoms with E-state index in [0.717, 1.165) is 11.0 Å². The molecule has 0 atom stereocenters. The lowest BCUT2D eigenvalue weighted by atomic mass is 10.1. The lowest BCUT2D eigenvalue weighted by Crippen LogP contribution is -2.21. The number of imidazole rings is 1. The number of H-pyrrole nitrogens is 1. The highest BCUT2D eigenvalue weighted by molar-refractivity contribution is 5.99. The van der Waals surface area contributed by atoms with Crippen LogP contribution in [0.2, 0.25) is 0 Å². The number of esters is 1. The quantitative estimate of drug-likeness (QED) is 0.523. The minimum atomic E-state index is -0.604. The zero-order chi connectivity index (χ0) is 19.3. The van der Waals surface area contributed by atoms with Gasteiger partial charge in [0.2, 0.25) is 0 Å². The van der Waals surface area contributed by atoms with E-state index in [1.807, 2.05) is 30.3 Å². The van der Waals surface area contributed by atoms with E-state index < -0.39 is 18.5 Å². The van der Waals surface area contributed by atoms with Crippen LogP contribution >= 0.6 is 0 Å². The van der Waals surface area contributed by atoms with Gasteiger partial charge in [-0.25, -0.2) is 14.8 Å². The Kier molecular flexibility index (Phi) is 4.79. The van der Waals surface area contributed by atoms with Gasteiger partial charge in [-0.05, 0) is 30.3 Å². The van der Waals surface area contributed by atoms with Crippen LogP contribution < -0.4 is 5.32 Å². The van der Waals surface area contributed by atoms with Gasteiger partial charge in [0.1, 0.15) is 11.6 Å². The highest BCUT2D eigenvalue weighted by atomic mass is 16.5. The van der Waals surface area contributed by atoms with Crippen LogP contribution in [-0.4, -0.2) is 33.4 Å². The van der Waals surface area contributed by atoms with E-state index in [4.69, 9.17) is 4.74 Å². The van der Waals surface area contributed by atoms with Crippen LogP contribution in [0.4, 0.5) is 5.82 Å². The van der Waals surface area contributed by atoms with Crippen molar-refractivity contribution in [1.29, 1.82) is 0 Å². The molecule has 0 aliphatic carbocycles. The first-order valence-corrected chi connectivity index (χ1v) is 8.63. The van der Waals surface area contributed by atoms with E-state index in [0.29, 0.717) is 22.8 Å². The molecule has 2 aromatic heterocycles. The van der Waals surface area contributed by atoms with E-state index in [-0.39, 0.29) is 0 Å². The number of rotatable bonds is 5. The number of hydrogen-bond donors (Lipinski definition) is 2. The first kappa shape index (κ1) is 17.4. The van der Waals surface area contributed by atoms with E-state index >= 15 is 0 Å². The highest BCUT2D eigenvalue weighted by Crippen LogP contribution is 2.24. The zero-order valence-corrected chi connectivity index (χ0v) is 14.8. The van der Waals surface area contributed by atoms with Crippen LogP contribution in [0.25, 0.3) is 22.4 Å². The first-order chi connectivity index (χ1) is 13.7. The Bertz CT molecular complexity index is 1110. The van der Waals surface area contributed by atoms with Gasteiger partial charge in [-0.2, -0.15) is 0 Å². The number of ether oxygens (including phenoxy) is 1. The number of anilines is 1. The van der Waals surface area contributed by atoms with Crippen molar-refractivity contribution >= 4 is 28.7 Å². The Labute approximate surface area is 160 Å². The summed E-state index contributed by atoms with van der Waals surface area (Å²) in [6.07, 6.45) is 1.56. The minimum Gasteiger partial charge on any atom is -0.452 e. The molecule has 1 amide bonds. The number of nitrogens with one attached hydrogen (secondary N) is 2. The Balaban J connectivity index is 1.50. The number of hydrogen-bond acceptors (Lipinski definition) is 5. The largest absolute Gasteiger partial charge is 0.452 e. The standard InChI is InChI=1S/C21H16N4O3/c26-19(25-18-11-5-6-12-22-18)13-28-21(27)15-8-2-1-7-14(15)20-23-16-9-3-4-10-17(16)24-20/h1-12H,13H2,(H,23,24)(H,22,25,26).